The van der Waals surface area contributed by atoms with Gasteiger partial charge >= 0.3 is 0 Å². The maximum atomic E-state index is 10.9. The van der Waals surface area contributed by atoms with Gasteiger partial charge in [0.1, 0.15) is 79.4 Å². The van der Waals surface area contributed by atoms with Gasteiger partial charge in [-0.15, -0.1) is 0 Å². The summed E-state index contributed by atoms with van der Waals surface area (Å²) in [7, 11) is 0. The summed E-state index contributed by atoms with van der Waals surface area (Å²) in [6, 6.07) is 0. The molecule has 4 rings (SSSR count). The number of thioether (sulfide) groups is 1. The maximum Gasteiger partial charge on any atom is 0.187 e. The number of hydrogen-bond donors (Lipinski definition) is 11. The van der Waals surface area contributed by atoms with Crippen LogP contribution in [0.3, 0.4) is 0 Å². The molecular formula is C26H47NO18S. The van der Waals surface area contributed by atoms with E-state index in [4.69, 9.17) is 43.6 Å². The third-order valence-electron chi connectivity index (χ3n) is 8.25. The van der Waals surface area contributed by atoms with Crippen LogP contribution in [0.5, 0.6) is 0 Å². The normalized spacial score (nSPS) is 48.3. The van der Waals surface area contributed by atoms with Crippen molar-refractivity contribution in [1.29, 1.82) is 0 Å². The summed E-state index contributed by atoms with van der Waals surface area (Å²) in [5, 5.41) is 104. The zero-order chi connectivity index (χ0) is 33.7. The lowest BCUT2D eigenvalue weighted by Crippen LogP contribution is -2.65. The molecule has 0 aromatic rings. The Balaban J connectivity index is 1.42. The molecule has 4 heterocycles. The van der Waals surface area contributed by atoms with Gasteiger partial charge in [0.25, 0.3) is 0 Å². The summed E-state index contributed by atoms with van der Waals surface area (Å²) in [4.78, 5) is 0. The van der Waals surface area contributed by atoms with Gasteiger partial charge in [0.15, 0.2) is 25.2 Å². The van der Waals surface area contributed by atoms with Gasteiger partial charge in [-0.25, -0.2) is 0 Å². The first-order valence-electron chi connectivity index (χ1n) is 15.0. The monoisotopic (exact) mass is 693 g/mol. The molecule has 270 valence electrons. The van der Waals surface area contributed by atoms with Crippen LogP contribution >= 0.6 is 11.8 Å². The molecular weight excluding hydrogens is 646 g/mol. The summed E-state index contributed by atoms with van der Waals surface area (Å²) < 4.78 is 44.8. The second-order valence-corrected chi connectivity index (χ2v) is 12.4. The van der Waals surface area contributed by atoms with Gasteiger partial charge in [0, 0.05) is 5.75 Å². The molecule has 0 aromatic heterocycles. The summed E-state index contributed by atoms with van der Waals surface area (Å²) in [5.74, 6) is 0.331. The third kappa shape index (κ3) is 8.47. The summed E-state index contributed by atoms with van der Waals surface area (Å²) in [5.41, 5.74) is 5.44. The Morgan fingerprint density at radius 3 is 1.70 bits per heavy atom. The van der Waals surface area contributed by atoms with Crippen molar-refractivity contribution in [2.45, 2.75) is 117 Å². The first-order chi connectivity index (χ1) is 22.0. The SMILES string of the molecule is CSC[C@H]1O[C@H](O[C@H]2[C@H](O)[C@H](O)[C@@H](O[C@@H]3[C@@H](OC[C@H]4O[C@@H](OCCCN)[C@@H](O)[C@@H]4O)O[C@H](CO)[C@@H](O)[C@@H]3O)O[C@@H]2CO)[C@H](O)[C@H]1O. The van der Waals surface area contributed by atoms with Gasteiger partial charge in [-0.2, -0.15) is 11.8 Å². The largest absolute Gasteiger partial charge is 0.394 e. The molecule has 12 N–H and O–H groups in total. The fourth-order valence-electron chi connectivity index (χ4n) is 5.57. The highest BCUT2D eigenvalue weighted by Crippen LogP contribution is 2.34. The van der Waals surface area contributed by atoms with E-state index in [0.29, 0.717) is 18.7 Å². The van der Waals surface area contributed by atoms with Crippen LogP contribution in [-0.4, -0.2) is 207 Å². The summed E-state index contributed by atoms with van der Waals surface area (Å²) in [6.45, 7) is -1.48. The molecule has 0 spiro atoms. The molecule has 4 aliphatic rings. The fourth-order valence-corrected chi connectivity index (χ4v) is 6.17. The fraction of sp³-hybridized carbons (Fsp3) is 1.00. The standard InChI is InChI=1S/C26H47NO18S/c1-46-8-12-15(32)19(36)24(43-12)44-21-10(6-29)41-25(20(37)17(21)34)45-22-16(33)13(30)9(5-28)40-26(22)39-7-11-14(31)18(35)23(42-11)38-4-2-3-27/h9-26,28-37H,2-8,27H2,1H3/t9-,10-,11-,12-,13-,14-,15+,16+,17-,18+,19-,20+,21-,22+,23-,24-,25-,26+/m1/s1. The molecule has 0 aliphatic carbocycles. The van der Waals surface area contributed by atoms with Crippen LogP contribution in [-0.2, 0) is 37.9 Å². The van der Waals surface area contributed by atoms with Crippen LogP contribution in [0.2, 0.25) is 0 Å². The predicted molar refractivity (Wildman–Crippen MR) is 151 cm³/mol. The van der Waals surface area contributed by atoms with Crippen molar-refractivity contribution in [3.63, 3.8) is 0 Å². The average molecular weight is 694 g/mol. The van der Waals surface area contributed by atoms with Crippen LogP contribution in [0.1, 0.15) is 6.42 Å². The van der Waals surface area contributed by atoms with E-state index < -0.39 is 130 Å². The first-order valence-corrected chi connectivity index (χ1v) is 16.4. The van der Waals surface area contributed by atoms with Crippen LogP contribution < -0.4 is 5.73 Å². The van der Waals surface area contributed by atoms with Gasteiger partial charge in [-0.3, -0.25) is 0 Å². The van der Waals surface area contributed by atoms with E-state index in [1.54, 1.807) is 6.26 Å². The minimum atomic E-state index is -1.90. The number of aliphatic hydroxyl groups excluding tert-OH is 10. The number of aliphatic hydroxyl groups is 10. The van der Waals surface area contributed by atoms with Crippen LogP contribution in [0.4, 0.5) is 0 Å². The van der Waals surface area contributed by atoms with Crippen LogP contribution in [0, 0.1) is 0 Å². The molecule has 46 heavy (non-hydrogen) atoms. The van der Waals surface area contributed by atoms with Crippen molar-refractivity contribution in [3.8, 4) is 0 Å². The molecule has 4 fully saturated rings. The number of nitrogens with two attached hydrogens (primary N) is 1. The van der Waals surface area contributed by atoms with E-state index in [9.17, 15) is 51.1 Å². The molecule has 20 heteroatoms. The van der Waals surface area contributed by atoms with Crippen molar-refractivity contribution >= 4 is 11.8 Å². The highest BCUT2D eigenvalue weighted by atomic mass is 32.2. The zero-order valence-corrected chi connectivity index (χ0v) is 25.9. The lowest BCUT2D eigenvalue weighted by Gasteiger charge is -2.47. The van der Waals surface area contributed by atoms with E-state index in [0.717, 1.165) is 0 Å². The molecule has 19 nitrogen and oxygen atoms in total. The van der Waals surface area contributed by atoms with Crippen LogP contribution in [0.15, 0.2) is 0 Å². The number of ether oxygens (including phenoxy) is 8. The molecule has 4 aliphatic heterocycles. The van der Waals surface area contributed by atoms with Gasteiger partial charge in [0.05, 0.1) is 32.5 Å². The van der Waals surface area contributed by atoms with Gasteiger partial charge in [-0.05, 0) is 19.2 Å². The van der Waals surface area contributed by atoms with Crippen molar-refractivity contribution in [2.24, 2.45) is 5.73 Å². The highest BCUT2D eigenvalue weighted by Gasteiger charge is 2.54. The second kappa shape index (κ2) is 17.5. The van der Waals surface area contributed by atoms with Gasteiger partial charge in [0.2, 0.25) is 0 Å². The average Bonchev–Trinajstić information content (AvgIpc) is 3.47. The highest BCUT2D eigenvalue weighted by molar-refractivity contribution is 7.98. The van der Waals surface area contributed by atoms with Crippen LogP contribution in [0.25, 0.3) is 0 Å². The maximum absolute atomic E-state index is 10.9. The van der Waals surface area contributed by atoms with Crippen molar-refractivity contribution in [2.75, 3.05) is 45.0 Å². The topological polar surface area (TPSA) is 302 Å². The molecule has 0 bridgehead atoms. The summed E-state index contributed by atoms with van der Waals surface area (Å²) >= 11 is 1.36. The molecule has 0 radical (unpaired) electrons. The third-order valence-corrected chi connectivity index (χ3v) is 8.91. The van der Waals surface area contributed by atoms with Gasteiger partial charge < -0.3 is 94.7 Å². The van der Waals surface area contributed by atoms with E-state index in [1.165, 1.54) is 11.8 Å². The minimum absolute atomic E-state index is 0.160. The van der Waals surface area contributed by atoms with Crippen molar-refractivity contribution in [3.05, 3.63) is 0 Å². The number of rotatable bonds is 15. The molecule has 4 saturated heterocycles. The Kier molecular flexibility index (Phi) is 14.6. The smallest absolute Gasteiger partial charge is 0.187 e. The Morgan fingerprint density at radius 1 is 0.565 bits per heavy atom. The predicted octanol–water partition coefficient (Wildman–Crippen LogP) is -6.73. The molecule has 0 unspecified atom stereocenters. The van der Waals surface area contributed by atoms with E-state index in [1.807, 2.05) is 0 Å². The second-order valence-electron chi connectivity index (χ2n) is 11.5. The molecule has 0 saturated carbocycles. The lowest BCUT2D eigenvalue weighted by atomic mass is 9.97. The Morgan fingerprint density at radius 2 is 1.07 bits per heavy atom. The van der Waals surface area contributed by atoms with E-state index in [-0.39, 0.29) is 6.61 Å². The summed E-state index contributed by atoms with van der Waals surface area (Å²) in [6.07, 6.45) is -24.4. The van der Waals surface area contributed by atoms with E-state index in [2.05, 4.69) is 0 Å². The van der Waals surface area contributed by atoms with E-state index >= 15 is 0 Å². The molecule has 0 aromatic carbocycles. The Bertz CT molecular complexity index is 913. The first kappa shape index (κ1) is 38.4. The van der Waals surface area contributed by atoms with Crippen molar-refractivity contribution < 1.29 is 89.0 Å². The van der Waals surface area contributed by atoms with Crippen molar-refractivity contribution in [1.82, 2.24) is 0 Å². The number of hydrogen-bond acceptors (Lipinski definition) is 20. The Hall–Kier alpha value is -0.410. The van der Waals surface area contributed by atoms with Gasteiger partial charge in [-0.1, -0.05) is 0 Å². The molecule has 18 atom stereocenters. The Labute approximate surface area is 268 Å². The molecule has 0 amide bonds. The quantitative estimate of drug-likeness (QED) is 0.0710. The zero-order valence-electron chi connectivity index (χ0n) is 25.1. The lowest BCUT2D eigenvalue weighted by molar-refractivity contribution is -0.376. The minimum Gasteiger partial charge on any atom is -0.394 e.